The SMILES string of the molecule is C=C1c2ccccc2C(=C)N2C(C)C3=C(CCC[C@H](CC(=O)CC)CC3)CN12.CC(C)C/C=C/C(C)C1CCC2C(C)CCCC12C. The van der Waals surface area contributed by atoms with Crippen LogP contribution in [0.1, 0.15) is 143 Å². The molecule has 1 aromatic carbocycles. The van der Waals surface area contributed by atoms with Gasteiger partial charge in [0.15, 0.2) is 0 Å². The number of hydrogen-bond acceptors (Lipinski definition) is 3. The lowest BCUT2D eigenvalue weighted by Gasteiger charge is -2.52. The van der Waals surface area contributed by atoms with Crippen LogP contribution in [0.2, 0.25) is 0 Å². The van der Waals surface area contributed by atoms with Gasteiger partial charge in [-0.1, -0.05) is 104 Å². The summed E-state index contributed by atoms with van der Waals surface area (Å²) in [7, 11) is 0. The largest absolute Gasteiger partial charge is 0.300 e. The first-order valence-corrected chi connectivity index (χ1v) is 19.4. The molecule has 3 heteroatoms. The van der Waals surface area contributed by atoms with Crippen LogP contribution in [0, 0.1) is 40.9 Å². The summed E-state index contributed by atoms with van der Waals surface area (Å²) in [6, 6.07) is 8.77. The standard InChI is InChI=1S/C25H32N2O.C19H34/c1-5-22(28)15-20-9-8-10-21-16-26-17(2)24-11-6-7-12-25(24)19(4)27(26)18(3)23(21)14-13-20;1-14(2)8-6-9-15(3)17-11-12-18-16(4)10-7-13-19(17,18)5/h6-7,11-12,18,20H,2,4-5,8-10,13-16H2,1,3H3;6,9,14-18H,7-8,10-13H2,1-5H3/b;9-6+/t18?,20-;/m0./s1. The Labute approximate surface area is 288 Å². The Hall–Kier alpha value is -2.55. The van der Waals surface area contributed by atoms with Gasteiger partial charge in [-0.05, 0) is 117 Å². The maximum atomic E-state index is 12.0. The highest BCUT2D eigenvalue weighted by Crippen LogP contribution is 2.59. The van der Waals surface area contributed by atoms with Crippen molar-refractivity contribution in [1.82, 2.24) is 10.0 Å². The molecule has 0 saturated heterocycles. The van der Waals surface area contributed by atoms with Gasteiger partial charge in [0.1, 0.15) is 5.78 Å². The predicted molar refractivity (Wildman–Crippen MR) is 201 cm³/mol. The Morgan fingerprint density at radius 3 is 2.40 bits per heavy atom. The summed E-state index contributed by atoms with van der Waals surface area (Å²) in [6.07, 6.45) is 20.8. The first kappa shape index (κ1) is 35.7. The van der Waals surface area contributed by atoms with Crippen LogP contribution < -0.4 is 0 Å². The van der Waals surface area contributed by atoms with E-state index in [9.17, 15) is 4.79 Å². The average molecular weight is 639 g/mol. The number of hydrogen-bond donors (Lipinski definition) is 0. The topological polar surface area (TPSA) is 23.6 Å². The molecule has 7 atom stereocenters. The van der Waals surface area contributed by atoms with E-state index in [1.807, 2.05) is 6.92 Å². The van der Waals surface area contributed by atoms with Gasteiger partial charge in [-0.25, -0.2) is 0 Å². The average Bonchev–Trinajstić information content (AvgIpc) is 3.40. The maximum Gasteiger partial charge on any atom is 0.132 e. The van der Waals surface area contributed by atoms with Gasteiger partial charge in [0, 0.05) is 24.0 Å². The first-order chi connectivity index (χ1) is 22.5. The minimum atomic E-state index is 0.294. The summed E-state index contributed by atoms with van der Waals surface area (Å²) < 4.78 is 0. The lowest BCUT2D eigenvalue weighted by Crippen LogP contribution is -2.52. The van der Waals surface area contributed by atoms with Gasteiger partial charge < -0.3 is 0 Å². The molecule has 258 valence electrons. The number of ketones is 1. The molecule has 0 amide bonds. The smallest absolute Gasteiger partial charge is 0.132 e. The number of carbonyl (C=O) groups excluding carboxylic acids is 1. The van der Waals surface area contributed by atoms with Crippen molar-refractivity contribution in [3.05, 3.63) is 71.8 Å². The van der Waals surface area contributed by atoms with Crippen molar-refractivity contribution in [3.8, 4) is 0 Å². The van der Waals surface area contributed by atoms with E-state index in [1.165, 1.54) is 62.5 Å². The number of hydrazine groups is 1. The minimum absolute atomic E-state index is 0.294. The van der Waals surface area contributed by atoms with E-state index in [4.69, 9.17) is 0 Å². The number of allylic oxidation sites excluding steroid dienone is 2. The summed E-state index contributed by atoms with van der Waals surface area (Å²) in [5, 5.41) is 4.70. The van der Waals surface area contributed by atoms with E-state index in [2.05, 4.69) is 101 Å². The Morgan fingerprint density at radius 1 is 0.979 bits per heavy atom. The second-order valence-corrected chi connectivity index (χ2v) is 16.6. The summed E-state index contributed by atoms with van der Waals surface area (Å²) in [5.41, 5.74) is 8.33. The second kappa shape index (κ2) is 15.3. The van der Waals surface area contributed by atoms with E-state index in [-0.39, 0.29) is 0 Å². The molecule has 2 saturated carbocycles. The molecule has 6 rings (SSSR count). The summed E-state index contributed by atoms with van der Waals surface area (Å²) in [4.78, 5) is 12.0. The van der Waals surface area contributed by atoms with Crippen molar-refractivity contribution in [3.63, 3.8) is 0 Å². The highest BCUT2D eigenvalue weighted by molar-refractivity contribution is 5.81. The molecule has 3 nitrogen and oxygen atoms in total. The Morgan fingerprint density at radius 2 is 1.70 bits per heavy atom. The molecule has 2 aliphatic heterocycles. The number of fused-ring (bicyclic) bond motifs is 3. The zero-order valence-electron chi connectivity index (χ0n) is 31.1. The van der Waals surface area contributed by atoms with Crippen molar-refractivity contribution < 1.29 is 4.79 Å². The molecule has 2 fully saturated rings. The number of nitrogens with zero attached hydrogens (tertiary/aromatic N) is 2. The first-order valence-electron chi connectivity index (χ1n) is 19.4. The third-order valence-electron chi connectivity index (χ3n) is 13.1. The van der Waals surface area contributed by atoms with Crippen molar-refractivity contribution >= 4 is 17.2 Å². The maximum absolute atomic E-state index is 12.0. The highest BCUT2D eigenvalue weighted by atomic mass is 16.1. The van der Waals surface area contributed by atoms with Crippen LogP contribution in [-0.2, 0) is 4.79 Å². The molecule has 0 aromatic heterocycles. The number of carbonyl (C=O) groups is 1. The van der Waals surface area contributed by atoms with E-state index in [0.717, 1.165) is 73.2 Å². The van der Waals surface area contributed by atoms with E-state index < -0.39 is 0 Å². The zero-order valence-corrected chi connectivity index (χ0v) is 31.1. The Balaban J connectivity index is 0.000000199. The molecule has 0 spiro atoms. The molecule has 1 aromatic rings. The molecular weight excluding hydrogens is 572 g/mol. The molecular formula is C44H66N2O. The molecule has 3 aliphatic carbocycles. The number of rotatable bonds is 7. The fraction of sp³-hybridized carbons (Fsp3) is 0.659. The van der Waals surface area contributed by atoms with Crippen LogP contribution in [-0.4, -0.2) is 28.4 Å². The zero-order chi connectivity index (χ0) is 33.9. The summed E-state index contributed by atoms with van der Waals surface area (Å²) in [5.74, 6) is 5.45. The predicted octanol–water partition coefficient (Wildman–Crippen LogP) is 11.9. The van der Waals surface area contributed by atoms with Crippen LogP contribution in [0.4, 0.5) is 0 Å². The van der Waals surface area contributed by atoms with Gasteiger partial charge in [0.05, 0.1) is 24.0 Å². The van der Waals surface area contributed by atoms with Gasteiger partial charge in [0.25, 0.3) is 0 Å². The lowest BCUT2D eigenvalue weighted by atomic mass is 9.60. The molecule has 47 heavy (non-hydrogen) atoms. The number of benzene rings is 1. The van der Waals surface area contributed by atoms with Gasteiger partial charge in [-0.15, -0.1) is 0 Å². The molecule has 0 N–H and O–H groups in total. The fourth-order valence-corrected chi connectivity index (χ4v) is 10.4. The van der Waals surface area contributed by atoms with E-state index in [1.54, 1.807) is 11.1 Å². The Bertz CT molecular complexity index is 1350. The molecule has 6 unspecified atom stereocenters. The highest BCUT2D eigenvalue weighted by Gasteiger charge is 2.50. The van der Waals surface area contributed by atoms with Crippen LogP contribution in [0.3, 0.4) is 0 Å². The van der Waals surface area contributed by atoms with Crippen LogP contribution >= 0.6 is 0 Å². The monoisotopic (exact) mass is 639 g/mol. The van der Waals surface area contributed by atoms with Crippen LogP contribution in [0.15, 0.2) is 60.7 Å². The Kier molecular flexibility index (Phi) is 11.7. The van der Waals surface area contributed by atoms with Crippen molar-refractivity contribution in [2.24, 2.45) is 40.9 Å². The van der Waals surface area contributed by atoms with Crippen molar-refractivity contribution in [2.75, 3.05) is 6.54 Å². The van der Waals surface area contributed by atoms with E-state index in [0.29, 0.717) is 29.6 Å². The van der Waals surface area contributed by atoms with E-state index >= 15 is 0 Å². The van der Waals surface area contributed by atoms with Crippen molar-refractivity contribution in [2.45, 2.75) is 138 Å². The molecule has 0 radical (unpaired) electrons. The fourth-order valence-electron chi connectivity index (χ4n) is 10.4. The van der Waals surface area contributed by atoms with Gasteiger partial charge >= 0.3 is 0 Å². The molecule has 5 aliphatic rings. The normalized spacial score (nSPS) is 31.4. The summed E-state index contributed by atoms with van der Waals surface area (Å²) >= 11 is 0. The minimum Gasteiger partial charge on any atom is -0.300 e. The van der Waals surface area contributed by atoms with Gasteiger partial charge in [0.2, 0.25) is 0 Å². The second-order valence-electron chi connectivity index (χ2n) is 16.6. The van der Waals surface area contributed by atoms with Crippen LogP contribution in [0.25, 0.3) is 11.4 Å². The van der Waals surface area contributed by atoms with Gasteiger partial charge in [-0.3, -0.25) is 14.8 Å². The third-order valence-corrected chi connectivity index (χ3v) is 13.1. The van der Waals surface area contributed by atoms with Crippen LogP contribution in [0.5, 0.6) is 0 Å². The quantitative estimate of drug-likeness (QED) is 0.278. The third kappa shape index (κ3) is 7.55. The lowest BCUT2D eigenvalue weighted by molar-refractivity contribution is -0.119. The van der Waals surface area contributed by atoms with Crippen molar-refractivity contribution in [1.29, 1.82) is 0 Å². The van der Waals surface area contributed by atoms with Gasteiger partial charge in [-0.2, -0.15) is 0 Å². The number of Topliss-reactive ketones (excluding diaryl/α,β-unsaturated/α-hetero) is 1. The molecule has 2 heterocycles. The summed E-state index contributed by atoms with van der Waals surface area (Å²) in [6.45, 7) is 26.3. The molecule has 0 bridgehead atoms.